The van der Waals surface area contributed by atoms with Gasteiger partial charge in [-0.2, -0.15) is 0 Å². The van der Waals surface area contributed by atoms with Gasteiger partial charge in [0.2, 0.25) is 5.91 Å². The van der Waals surface area contributed by atoms with Crippen LogP contribution < -0.4 is 15.8 Å². The van der Waals surface area contributed by atoms with Crippen molar-refractivity contribution >= 4 is 50.1 Å². The number of halogens is 1. The molecule has 0 aromatic heterocycles. The molecule has 7 heteroatoms. The van der Waals surface area contributed by atoms with E-state index in [-0.39, 0.29) is 18.2 Å². The van der Waals surface area contributed by atoms with E-state index in [1.165, 1.54) is 4.90 Å². The van der Waals surface area contributed by atoms with Crippen molar-refractivity contribution in [3.05, 3.63) is 76.8 Å². The number of benzene rings is 3. The fraction of sp³-hybridized carbons (Fsp3) is 0.0952. The molecule has 28 heavy (non-hydrogen) atoms. The van der Waals surface area contributed by atoms with Gasteiger partial charge in [-0.1, -0.05) is 52.3 Å². The van der Waals surface area contributed by atoms with Crippen molar-refractivity contribution in [3.63, 3.8) is 0 Å². The number of hydrogen-bond acceptors (Lipinski definition) is 4. The second kappa shape index (κ2) is 7.53. The predicted octanol–water partition coefficient (Wildman–Crippen LogP) is 3.17. The number of imide groups is 1. The number of fused-ring (bicyclic) bond motifs is 1. The maximum absolute atomic E-state index is 12.8. The summed E-state index contributed by atoms with van der Waals surface area (Å²) in [5, 5.41) is 1.77. The lowest BCUT2D eigenvalue weighted by atomic mass is 10.1. The Kier molecular flexibility index (Phi) is 4.93. The van der Waals surface area contributed by atoms with Crippen LogP contribution in [0.3, 0.4) is 0 Å². The summed E-state index contributed by atoms with van der Waals surface area (Å²) in [5.74, 6) is -1.08. The Labute approximate surface area is 169 Å². The molecule has 1 fully saturated rings. The molecule has 3 aromatic carbocycles. The summed E-state index contributed by atoms with van der Waals surface area (Å²) < 4.78 is 0.860. The summed E-state index contributed by atoms with van der Waals surface area (Å²) in [4.78, 5) is 38.8. The molecule has 0 aliphatic carbocycles. The molecule has 2 N–H and O–H groups in total. The van der Waals surface area contributed by atoms with E-state index in [2.05, 4.69) is 26.8 Å². The number of hydrazine groups is 1. The molecule has 0 bridgehead atoms. The summed E-state index contributed by atoms with van der Waals surface area (Å²) in [6.07, 6.45) is -0.0251. The molecule has 3 amide bonds. The third kappa shape index (κ3) is 3.42. The van der Waals surface area contributed by atoms with Crippen LogP contribution in [0.5, 0.6) is 0 Å². The lowest BCUT2D eigenvalue weighted by Crippen LogP contribution is -2.48. The van der Waals surface area contributed by atoms with Crippen LogP contribution in [-0.2, 0) is 9.59 Å². The minimum absolute atomic E-state index is 0.0251. The van der Waals surface area contributed by atoms with Gasteiger partial charge in [0.05, 0.1) is 12.1 Å². The minimum Gasteiger partial charge on any atom is -0.287 e. The predicted molar refractivity (Wildman–Crippen MR) is 110 cm³/mol. The van der Waals surface area contributed by atoms with Crippen LogP contribution in [-0.4, -0.2) is 23.8 Å². The number of nitrogens with zero attached hydrogens (tertiary/aromatic N) is 1. The average molecular weight is 438 g/mol. The van der Waals surface area contributed by atoms with Crippen molar-refractivity contribution in [1.29, 1.82) is 0 Å². The van der Waals surface area contributed by atoms with Crippen molar-refractivity contribution in [2.45, 2.75) is 12.5 Å². The second-order valence-electron chi connectivity index (χ2n) is 6.43. The first kappa shape index (κ1) is 18.3. The summed E-state index contributed by atoms with van der Waals surface area (Å²) in [5.41, 5.74) is 6.21. The van der Waals surface area contributed by atoms with Crippen LogP contribution in [0.4, 0.5) is 5.69 Å². The van der Waals surface area contributed by atoms with Gasteiger partial charge < -0.3 is 0 Å². The molecule has 0 saturated carbocycles. The smallest absolute Gasteiger partial charge is 0.265 e. The maximum Gasteiger partial charge on any atom is 0.265 e. The molecule has 140 valence electrons. The normalized spacial score (nSPS) is 16.6. The van der Waals surface area contributed by atoms with Crippen molar-refractivity contribution in [2.24, 2.45) is 0 Å². The van der Waals surface area contributed by atoms with E-state index < -0.39 is 11.9 Å². The Morgan fingerprint density at radius 1 is 0.964 bits per heavy atom. The number of carbonyl (C=O) groups is 3. The highest BCUT2D eigenvalue weighted by Gasteiger charge is 2.40. The largest absolute Gasteiger partial charge is 0.287 e. The first-order chi connectivity index (χ1) is 13.5. The van der Waals surface area contributed by atoms with Gasteiger partial charge in [0, 0.05) is 15.4 Å². The molecule has 3 aromatic rings. The molecule has 1 aliphatic rings. The lowest BCUT2D eigenvalue weighted by Gasteiger charge is -2.18. The van der Waals surface area contributed by atoms with Crippen molar-refractivity contribution in [1.82, 2.24) is 10.9 Å². The van der Waals surface area contributed by atoms with Gasteiger partial charge >= 0.3 is 0 Å². The zero-order valence-corrected chi connectivity index (χ0v) is 16.3. The average Bonchev–Trinajstić information content (AvgIpc) is 2.99. The number of carbonyl (C=O) groups excluding carboxylic acids is 3. The summed E-state index contributed by atoms with van der Waals surface area (Å²) in [7, 11) is 0. The highest BCUT2D eigenvalue weighted by Crippen LogP contribution is 2.30. The quantitative estimate of drug-likeness (QED) is 0.485. The van der Waals surface area contributed by atoms with Gasteiger partial charge in [-0.05, 0) is 35.7 Å². The van der Waals surface area contributed by atoms with Crippen LogP contribution in [0.2, 0.25) is 0 Å². The summed E-state index contributed by atoms with van der Waals surface area (Å²) in [6.45, 7) is 0. The van der Waals surface area contributed by atoms with E-state index in [0.717, 1.165) is 15.2 Å². The number of rotatable bonds is 4. The minimum atomic E-state index is -0.814. The maximum atomic E-state index is 12.8. The number of amides is 3. The zero-order chi connectivity index (χ0) is 19.7. The van der Waals surface area contributed by atoms with Crippen molar-refractivity contribution < 1.29 is 14.4 Å². The van der Waals surface area contributed by atoms with Gasteiger partial charge in [0.1, 0.15) is 6.04 Å². The fourth-order valence-electron chi connectivity index (χ4n) is 3.23. The first-order valence-corrected chi connectivity index (χ1v) is 9.50. The number of nitrogens with one attached hydrogen (secondary N) is 2. The molecule has 0 radical (unpaired) electrons. The Morgan fingerprint density at radius 3 is 2.46 bits per heavy atom. The van der Waals surface area contributed by atoms with E-state index in [9.17, 15) is 14.4 Å². The molecular weight excluding hydrogens is 422 g/mol. The Bertz CT molecular complexity index is 1080. The Balaban J connectivity index is 1.51. The molecule has 1 saturated heterocycles. The standard InChI is InChI=1S/C21H16BrN3O3/c22-15-10-8-14(9-11-15)20(27)24-23-17-12-19(26)25(21(17)28)18-7-3-5-13-4-1-2-6-16(13)18/h1-11,17,23H,12H2,(H,24,27)/t17-/m0/s1. The molecule has 1 aliphatic heterocycles. The highest BCUT2D eigenvalue weighted by molar-refractivity contribution is 9.10. The van der Waals surface area contributed by atoms with E-state index in [1.807, 2.05) is 36.4 Å². The third-order valence-corrected chi connectivity index (χ3v) is 5.15. The highest BCUT2D eigenvalue weighted by atomic mass is 79.9. The lowest BCUT2D eigenvalue weighted by molar-refractivity contribution is -0.121. The number of hydrogen-bond donors (Lipinski definition) is 2. The van der Waals surface area contributed by atoms with E-state index in [0.29, 0.717) is 11.3 Å². The molecular formula is C21H16BrN3O3. The van der Waals surface area contributed by atoms with Crippen LogP contribution in [0.1, 0.15) is 16.8 Å². The SMILES string of the molecule is O=C(NN[C@H]1CC(=O)N(c2cccc3ccccc23)C1=O)c1ccc(Br)cc1. The Morgan fingerprint density at radius 2 is 1.68 bits per heavy atom. The molecule has 6 nitrogen and oxygen atoms in total. The molecule has 0 spiro atoms. The summed E-state index contributed by atoms with van der Waals surface area (Å²) in [6, 6.07) is 19.1. The molecule has 4 rings (SSSR count). The van der Waals surface area contributed by atoms with E-state index in [1.54, 1.807) is 30.3 Å². The summed E-state index contributed by atoms with van der Waals surface area (Å²) >= 11 is 3.31. The first-order valence-electron chi connectivity index (χ1n) is 8.70. The van der Waals surface area contributed by atoms with Gasteiger partial charge in [-0.25, -0.2) is 10.3 Å². The van der Waals surface area contributed by atoms with Gasteiger partial charge in [0.25, 0.3) is 11.8 Å². The van der Waals surface area contributed by atoms with Gasteiger partial charge in [0.15, 0.2) is 0 Å². The second-order valence-corrected chi connectivity index (χ2v) is 7.34. The van der Waals surface area contributed by atoms with Crippen LogP contribution in [0.15, 0.2) is 71.2 Å². The van der Waals surface area contributed by atoms with E-state index >= 15 is 0 Å². The molecule has 0 unspecified atom stereocenters. The van der Waals surface area contributed by atoms with Gasteiger partial charge in [-0.15, -0.1) is 0 Å². The molecule has 1 atom stereocenters. The van der Waals surface area contributed by atoms with Crippen LogP contribution in [0, 0.1) is 0 Å². The fourth-order valence-corrected chi connectivity index (χ4v) is 3.49. The number of anilines is 1. The molecule has 1 heterocycles. The Hall–Kier alpha value is -3.03. The van der Waals surface area contributed by atoms with Crippen LogP contribution in [0.25, 0.3) is 10.8 Å². The monoisotopic (exact) mass is 437 g/mol. The topological polar surface area (TPSA) is 78.5 Å². The van der Waals surface area contributed by atoms with Gasteiger partial charge in [-0.3, -0.25) is 19.8 Å². The van der Waals surface area contributed by atoms with Crippen molar-refractivity contribution in [3.8, 4) is 0 Å². The third-order valence-electron chi connectivity index (χ3n) is 4.62. The van der Waals surface area contributed by atoms with Crippen molar-refractivity contribution in [2.75, 3.05) is 4.90 Å². The van der Waals surface area contributed by atoms with E-state index in [4.69, 9.17) is 0 Å². The zero-order valence-electron chi connectivity index (χ0n) is 14.7. The van der Waals surface area contributed by atoms with Crippen LogP contribution >= 0.6 is 15.9 Å².